The number of nitrogens with zero attached hydrogens (tertiary/aromatic N) is 4. The van der Waals surface area contributed by atoms with Gasteiger partial charge in [-0.25, -0.2) is 0 Å². The van der Waals surface area contributed by atoms with E-state index in [1.54, 1.807) is 0 Å². The van der Waals surface area contributed by atoms with Gasteiger partial charge >= 0.3 is 8.72 Å². The van der Waals surface area contributed by atoms with E-state index >= 15 is 0 Å². The molecule has 0 fully saturated rings. The largest absolute Gasteiger partial charge is 1.09 e. The van der Waals surface area contributed by atoms with Crippen molar-refractivity contribution in [3.63, 3.8) is 0 Å². The van der Waals surface area contributed by atoms with Gasteiger partial charge in [0.25, 0.3) is 0 Å². The van der Waals surface area contributed by atoms with Gasteiger partial charge in [0.05, 0.1) is 56.4 Å². The van der Waals surface area contributed by atoms with Gasteiger partial charge in [0.15, 0.2) is 0 Å². The van der Waals surface area contributed by atoms with Gasteiger partial charge in [0.2, 0.25) is 0 Å². The molecule has 0 saturated heterocycles. The summed E-state index contributed by atoms with van der Waals surface area (Å²) in [4.78, 5) is 0. The highest BCUT2D eigenvalue weighted by molar-refractivity contribution is 6.49. The first-order valence-corrected chi connectivity index (χ1v) is 7.29. The molecule has 0 aliphatic carbocycles. The predicted molar refractivity (Wildman–Crippen MR) is 70.9 cm³/mol. The van der Waals surface area contributed by atoms with Gasteiger partial charge in [-0.15, -0.1) is 0 Å². The highest BCUT2D eigenvalue weighted by Gasteiger charge is 2.98. The van der Waals surface area contributed by atoms with Crippen molar-refractivity contribution in [2.75, 3.05) is 56.4 Å². The Kier molecular flexibility index (Phi) is 3.92. The quantitative estimate of drug-likeness (QED) is 0.252. The average Bonchev–Trinajstić information content (AvgIpc) is 1.67. The smallest absolute Gasteiger partial charge is 0.184 e. The summed E-state index contributed by atoms with van der Waals surface area (Å²) in [5, 5.41) is 0. The maximum atomic E-state index is 6.39. The van der Waals surface area contributed by atoms with Crippen LogP contribution in [0.1, 0.15) is 0 Å². The van der Waals surface area contributed by atoms with Crippen LogP contribution in [0.2, 0.25) is 0 Å². The van der Waals surface area contributed by atoms with E-state index in [0.717, 1.165) is 0 Å². The molecule has 0 saturated carbocycles. The molecule has 0 heterocycles. The van der Waals surface area contributed by atoms with Crippen molar-refractivity contribution in [2.45, 2.75) is 0 Å². The van der Waals surface area contributed by atoms with Crippen LogP contribution in [0.15, 0.2) is 0 Å². The topological polar surface area (TPSA) is 104 Å². The lowest BCUT2D eigenvalue weighted by Gasteiger charge is -2.48. The van der Waals surface area contributed by atoms with Crippen LogP contribution in [0.5, 0.6) is 0 Å². The zero-order valence-corrected chi connectivity index (χ0v) is 13.6. The van der Waals surface area contributed by atoms with Crippen molar-refractivity contribution in [1.29, 1.82) is 0 Å². The minimum atomic E-state index is -2.74. The highest BCUT2D eigenvalue weighted by Crippen LogP contribution is 2.28. The molecule has 0 amide bonds. The van der Waals surface area contributed by atoms with E-state index in [1.807, 2.05) is 56.4 Å². The van der Waals surface area contributed by atoms with Crippen LogP contribution in [-0.4, -0.2) is 82.1 Å². The SMILES string of the molecule is C[N+](C)(N)[Si]([N+](C)(C)N)([N+](C)(C)N)[N+](C)(C)N. The van der Waals surface area contributed by atoms with Crippen LogP contribution in [0.25, 0.3) is 0 Å². The lowest BCUT2D eigenvalue weighted by molar-refractivity contribution is -1.13. The van der Waals surface area contributed by atoms with E-state index in [0.29, 0.717) is 0 Å². The van der Waals surface area contributed by atoms with Crippen molar-refractivity contribution in [3.8, 4) is 0 Å². The summed E-state index contributed by atoms with van der Waals surface area (Å²) in [5.41, 5.74) is 0. The summed E-state index contributed by atoms with van der Waals surface area (Å²) >= 11 is 0. The molecule has 8 N–H and O–H groups in total. The number of hydrogen-bond acceptors (Lipinski definition) is 4. The number of quaternary nitrogens is 4. The normalized spacial score (nSPS) is 16.2. The molecule has 0 rings (SSSR count). The van der Waals surface area contributed by atoms with E-state index in [-0.39, 0.29) is 17.0 Å². The van der Waals surface area contributed by atoms with Gasteiger partial charge < -0.3 is 0 Å². The first-order valence-electron chi connectivity index (χ1n) is 5.50. The predicted octanol–water partition coefficient (Wildman–Crippen LogP) is -2.78. The molecule has 0 aliphatic heterocycles. The van der Waals surface area contributed by atoms with Gasteiger partial charge in [-0.2, -0.15) is 40.4 Å². The van der Waals surface area contributed by atoms with E-state index in [4.69, 9.17) is 23.4 Å². The molecule has 0 aromatic heterocycles. The summed E-state index contributed by atoms with van der Waals surface area (Å²) in [6.07, 6.45) is 0. The Morgan fingerprint density at radius 2 is 0.588 bits per heavy atom. The molecule has 0 unspecified atom stereocenters. The van der Waals surface area contributed by atoms with Crippen molar-refractivity contribution in [1.82, 2.24) is 0 Å². The first-order chi connectivity index (χ1) is 7.00. The molecule has 0 bridgehead atoms. The molecule has 0 spiro atoms. The molecular formula is C8H32N8Si+4. The van der Waals surface area contributed by atoms with Gasteiger partial charge in [0.1, 0.15) is 0 Å². The Balaban J connectivity index is 6.37. The zero-order chi connectivity index (χ0) is 14.5. The van der Waals surface area contributed by atoms with E-state index in [9.17, 15) is 0 Å². The fourth-order valence-corrected chi connectivity index (χ4v) is 12.0. The Morgan fingerprint density at radius 3 is 0.588 bits per heavy atom. The first kappa shape index (κ1) is 16.9. The van der Waals surface area contributed by atoms with Crippen molar-refractivity contribution in [2.24, 2.45) is 23.4 Å². The van der Waals surface area contributed by atoms with Crippen molar-refractivity contribution in [3.05, 3.63) is 0 Å². The number of nitrogens with two attached hydrogens (primary N) is 4. The fourth-order valence-electron chi connectivity index (χ4n) is 3.99. The molecule has 17 heavy (non-hydrogen) atoms. The Morgan fingerprint density at radius 1 is 0.471 bits per heavy atom. The maximum Gasteiger partial charge on any atom is 1.09 e. The minimum absolute atomic E-state index is 0.170. The zero-order valence-electron chi connectivity index (χ0n) is 12.6. The molecule has 0 aromatic rings. The molecular weight excluding hydrogens is 236 g/mol. The third-order valence-corrected chi connectivity index (χ3v) is 9.28. The molecule has 8 nitrogen and oxygen atoms in total. The van der Waals surface area contributed by atoms with Gasteiger partial charge in [-0.05, 0) is 0 Å². The Hall–Kier alpha value is -0.103. The third kappa shape index (κ3) is 2.38. The van der Waals surface area contributed by atoms with Gasteiger partial charge in [-0.1, -0.05) is 0 Å². The second kappa shape index (κ2) is 3.95. The van der Waals surface area contributed by atoms with E-state index < -0.39 is 8.72 Å². The number of hydrogen-bond donors (Lipinski definition) is 4. The average molecular weight is 268 g/mol. The van der Waals surface area contributed by atoms with Crippen molar-refractivity contribution >= 4 is 8.72 Å². The summed E-state index contributed by atoms with van der Waals surface area (Å²) in [5.74, 6) is 25.5. The van der Waals surface area contributed by atoms with Crippen LogP contribution in [0, 0.1) is 0 Å². The lowest BCUT2D eigenvalue weighted by atomic mass is 11.1. The van der Waals surface area contributed by atoms with Gasteiger partial charge in [0, 0.05) is 0 Å². The third-order valence-electron chi connectivity index (χ3n) is 3.09. The summed E-state index contributed by atoms with van der Waals surface area (Å²) in [6.45, 7) is 0. The number of rotatable bonds is 4. The lowest BCUT2D eigenvalue weighted by Crippen LogP contribution is -3.04. The molecule has 9 heteroatoms. The van der Waals surface area contributed by atoms with Crippen LogP contribution in [0.3, 0.4) is 0 Å². The molecule has 0 aliphatic rings. The van der Waals surface area contributed by atoms with Crippen LogP contribution >= 0.6 is 0 Å². The summed E-state index contributed by atoms with van der Waals surface area (Å²) < 4.78 is 0.681. The fraction of sp³-hybridized carbons (Fsp3) is 1.00. The van der Waals surface area contributed by atoms with Gasteiger partial charge in [-0.3, -0.25) is 0 Å². The molecule has 0 atom stereocenters. The minimum Gasteiger partial charge on any atom is -0.184 e. The van der Waals surface area contributed by atoms with Crippen LogP contribution in [-0.2, 0) is 0 Å². The Bertz CT molecular complexity index is 214. The Labute approximate surface area is 106 Å². The molecule has 104 valence electrons. The molecule has 0 aromatic carbocycles. The van der Waals surface area contributed by atoms with E-state index in [1.165, 1.54) is 0 Å². The van der Waals surface area contributed by atoms with Crippen molar-refractivity contribution < 1.29 is 17.0 Å². The van der Waals surface area contributed by atoms with E-state index in [2.05, 4.69) is 0 Å². The highest BCUT2D eigenvalue weighted by atomic mass is 28.4. The maximum absolute atomic E-state index is 6.39. The second-order valence-electron chi connectivity index (χ2n) is 6.76. The summed E-state index contributed by atoms with van der Waals surface area (Å²) in [6, 6.07) is 0. The second-order valence-corrected chi connectivity index (χ2v) is 12.6. The van der Waals surface area contributed by atoms with Crippen LogP contribution < -0.4 is 23.4 Å². The monoisotopic (exact) mass is 268 g/mol. The molecule has 0 radical (unpaired) electrons. The van der Waals surface area contributed by atoms with Crippen LogP contribution in [0.4, 0.5) is 0 Å². The summed E-state index contributed by atoms with van der Waals surface area (Å²) in [7, 11) is 12.5. The standard InChI is InChI=1S/C8H32N8Si/c1-13(2,9)17(14(3,4)10,15(5,6)11)16(7,8)12/h9-12H2,1-8H3/q+4.